The van der Waals surface area contributed by atoms with Crippen molar-refractivity contribution >= 4 is 11.8 Å². The lowest BCUT2D eigenvalue weighted by Crippen LogP contribution is -2.52. The number of rotatable bonds is 2. The highest BCUT2D eigenvalue weighted by Crippen LogP contribution is 2.30. The third-order valence-electron chi connectivity index (χ3n) is 4.38. The van der Waals surface area contributed by atoms with Crippen molar-refractivity contribution in [2.24, 2.45) is 5.73 Å². The van der Waals surface area contributed by atoms with Crippen LogP contribution in [-0.4, -0.2) is 28.8 Å². The van der Waals surface area contributed by atoms with Gasteiger partial charge in [-0.1, -0.05) is 38.5 Å². The lowest BCUT2D eigenvalue weighted by molar-refractivity contribution is -0.149. The standard InChI is InChI=1S/C14H24N2O2/c15-13(17)14(18)16(11-7-3-1-4-8-11)12-9-5-2-6-10-12/h11-12H,1-10H2,(H2,15,17). The summed E-state index contributed by atoms with van der Waals surface area (Å²) < 4.78 is 0. The van der Waals surface area contributed by atoms with E-state index in [9.17, 15) is 9.59 Å². The van der Waals surface area contributed by atoms with Crippen molar-refractivity contribution in [3.63, 3.8) is 0 Å². The molecule has 0 atom stereocenters. The number of carbonyl (C=O) groups excluding carboxylic acids is 2. The Labute approximate surface area is 109 Å². The largest absolute Gasteiger partial charge is 0.361 e. The molecule has 0 aromatic heterocycles. The molecule has 0 aliphatic heterocycles. The monoisotopic (exact) mass is 252 g/mol. The van der Waals surface area contributed by atoms with Gasteiger partial charge in [0.25, 0.3) is 0 Å². The fourth-order valence-electron chi connectivity index (χ4n) is 3.48. The van der Waals surface area contributed by atoms with Gasteiger partial charge in [-0.2, -0.15) is 0 Å². The van der Waals surface area contributed by atoms with Gasteiger partial charge in [0.1, 0.15) is 0 Å². The van der Waals surface area contributed by atoms with Gasteiger partial charge in [0.2, 0.25) is 0 Å². The van der Waals surface area contributed by atoms with Crippen molar-refractivity contribution in [3.05, 3.63) is 0 Å². The molecule has 2 rings (SSSR count). The Morgan fingerprint density at radius 3 is 1.50 bits per heavy atom. The van der Waals surface area contributed by atoms with Crippen molar-refractivity contribution in [2.45, 2.75) is 76.3 Å². The van der Waals surface area contributed by atoms with E-state index in [0.717, 1.165) is 25.7 Å². The van der Waals surface area contributed by atoms with Gasteiger partial charge in [-0.05, 0) is 25.7 Å². The summed E-state index contributed by atoms with van der Waals surface area (Å²) in [6.45, 7) is 0. The summed E-state index contributed by atoms with van der Waals surface area (Å²) in [6.07, 6.45) is 11.3. The first-order valence-corrected chi connectivity index (χ1v) is 7.32. The molecule has 102 valence electrons. The topological polar surface area (TPSA) is 63.4 Å². The van der Waals surface area contributed by atoms with Crippen LogP contribution in [0.2, 0.25) is 0 Å². The first-order chi connectivity index (χ1) is 8.70. The summed E-state index contributed by atoms with van der Waals surface area (Å²) >= 11 is 0. The van der Waals surface area contributed by atoms with E-state index in [-0.39, 0.29) is 12.1 Å². The predicted octanol–water partition coefficient (Wildman–Crippen LogP) is 1.97. The fourth-order valence-corrected chi connectivity index (χ4v) is 3.48. The van der Waals surface area contributed by atoms with Crippen LogP contribution < -0.4 is 5.73 Å². The van der Waals surface area contributed by atoms with Gasteiger partial charge in [-0.25, -0.2) is 0 Å². The van der Waals surface area contributed by atoms with E-state index < -0.39 is 11.8 Å². The summed E-state index contributed by atoms with van der Waals surface area (Å²) in [5.41, 5.74) is 5.22. The molecule has 0 heterocycles. The summed E-state index contributed by atoms with van der Waals surface area (Å²) in [4.78, 5) is 25.2. The zero-order valence-corrected chi connectivity index (χ0v) is 11.1. The summed E-state index contributed by atoms with van der Waals surface area (Å²) in [7, 11) is 0. The van der Waals surface area contributed by atoms with Crippen LogP contribution in [-0.2, 0) is 9.59 Å². The molecule has 0 radical (unpaired) electrons. The number of hydrogen-bond acceptors (Lipinski definition) is 2. The van der Waals surface area contributed by atoms with Crippen LogP contribution in [0.15, 0.2) is 0 Å². The first kappa shape index (κ1) is 13.4. The Balaban J connectivity index is 2.10. The maximum atomic E-state index is 12.1. The maximum absolute atomic E-state index is 12.1. The first-order valence-electron chi connectivity index (χ1n) is 7.32. The van der Waals surface area contributed by atoms with E-state index in [0.29, 0.717) is 0 Å². The van der Waals surface area contributed by atoms with Crippen molar-refractivity contribution in [1.29, 1.82) is 0 Å². The molecule has 0 saturated heterocycles. The van der Waals surface area contributed by atoms with Gasteiger partial charge in [-0.3, -0.25) is 9.59 Å². The maximum Gasteiger partial charge on any atom is 0.312 e. The van der Waals surface area contributed by atoms with Crippen LogP contribution in [0.5, 0.6) is 0 Å². The van der Waals surface area contributed by atoms with Crippen LogP contribution in [0.25, 0.3) is 0 Å². The smallest absolute Gasteiger partial charge is 0.312 e. The highest BCUT2D eigenvalue weighted by atomic mass is 16.2. The highest BCUT2D eigenvalue weighted by Gasteiger charge is 2.34. The molecule has 4 nitrogen and oxygen atoms in total. The van der Waals surface area contributed by atoms with Gasteiger partial charge < -0.3 is 10.6 Å². The van der Waals surface area contributed by atoms with Crippen LogP contribution in [0.1, 0.15) is 64.2 Å². The zero-order valence-electron chi connectivity index (χ0n) is 11.1. The summed E-state index contributed by atoms with van der Waals surface area (Å²) in [5.74, 6) is -1.24. The summed E-state index contributed by atoms with van der Waals surface area (Å²) in [5, 5.41) is 0. The molecule has 2 saturated carbocycles. The fraction of sp³-hybridized carbons (Fsp3) is 0.857. The molecule has 0 aromatic carbocycles. The average molecular weight is 252 g/mol. The van der Waals surface area contributed by atoms with Gasteiger partial charge in [0, 0.05) is 12.1 Å². The number of primary amides is 1. The molecule has 2 N–H and O–H groups in total. The lowest BCUT2D eigenvalue weighted by Gasteiger charge is -2.41. The second-order valence-corrected chi connectivity index (χ2v) is 5.66. The molecular weight excluding hydrogens is 228 g/mol. The van der Waals surface area contributed by atoms with E-state index in [1.807, 2.05) is 4.90 Å². The van der Waals surface area contributed by atoms with E-state index in [1.54, 1.807) is 0 Å². The molecule has 2 amide bonds. The molecule has 0 aromatic rings. The molecule has 0 spiro atoms. The molecule has 2 aliphatic rings. The Bertz CT molecular complexity index is 287. The third kappa shape index (κ3) is 3.03. The van der Waals surface area contributed by atoms with Gasteiger partial charge in [0.05, 0.1) is 0 Å². The van der Waals surface area contributed by atoms with Crippen LogP contribution in [0, 0.1) is 0 Å². The normalized spacial score (nSPS) is 22.7. The van der Waals surface area contributed by atoms with Gasteiger partial charge in [0.15, 0.2) is 0 Å². The molecule has 0 bridgehead atoms. The minimum atomic E-state index is -0.786. The van der Waals surface area contributed by atoms with Crippen LogP contribution in [0.3, 0.4) is 0 Å². The average Bonchev–Trinajstić information content (AvgIpc) is 2.41. The molecule has 4 heteroatoms. The van der Waals surface area contributed by atoms with Gasteiger partial charge in [-0.15, -0.1) is 0 Å². The number of hydrogen-bond donors (Lipinski definition) is 1. The van der Waals surface area contributed by atoms with E-state index in [4.69, 9.17) is 5.73 Å². The highest BCUT2D eigenvalue weighted by molar-refractivity contribution is 6.34. The lowest BCUT2D eigenvalue weighted by atomic mass is 9.88. The summed E-state index contributed by atoms with van der Waals surface area (Å²) in [6, 6.07) is 0.503. The predicted molar refractivity (Wildman–Crippen MR) is 69.8 cm³/mol. The minimum Gasteiger partial charge on any atom is -0.361 e. The van der Waals surface area contributed by atoms with Crippen LogP contribution in [0.4, 0.5) is 0 Å². The number of nitrogens with two attached hydrogens (primary N) is 1. The zero-order chi connectivity index (χ0) is 13.0. The second kappa shape index (κ2) is 6.21. The molecule has 18 heavy (non-hydrogen) atoms. The Morgan fingerprint density at radius 2 is 1.17 bits per heavy atom. The molecule has 0 unspecified atom stereocenters. The van der Waals surface area contributed by atoms with E-state index in [1.165, 1.54) is 38.5 Å². The number of amides is 2. The van der Waals surface area contributed by atoms with E-state index in [2.05, 4.69) is 0 Å². The van der Waals surface area contributed by atoms with Crippen LogP contribution >= 0.6 is 0 Å². The van der Waals surface area contributed by atoms with Crippen molar-refractivity contribution in [2.75, 3.05) is 0 Å². The number of nitrogens with zero attached hydrogens (tertiary/aromatic N) is 1. The van der Waals surface area contributed by atoms with E-state index >= 15 is 0 Å². The Kier molecular flexibility index (Phi) is 4.61. The SMILES string of the molecule is NC(=O)C(=O)N(C1CCCCC1)C1CCCCC1. The quantitative estimate of drug-likeness (QED) is 0.764. The van der Waals surface area contributed by atoms with Crippen molar-refractivity contribution in [3.8, 4) is 0 Å². The second-order valence-electron chi connectivity index (χ2n) is 5.66. The minimum absolute atomic E-state index is 0.252. The van der Waals surface area contributed by atoms with Crippen molar-refractivity contribution < 1.29 is 9.59 Å². The Hall–Kier alpha value is -1.06. The number of carbonyl (C=O) groups is 2. The van der Waals surface area contributed by atoms with Gasteiger partial charge >= 0.3 is 11.8 Å². The molecular formula is C14H24N2O2. The molecule has 2 aliphatic carbocycles. The van der Waals surface area contributed by atoms with Crippen molar-refractivity contribution in [1.82, 2.24) is 4.90 Å². The Morgan fingerprint density at radius 1 is 0.778 bits per heavy atom. The molecule has 2 fully saturated rings. The third-order valence-corrected chi connectivity index (χ3v) is 4.38.